The number of hydrogen-bond donors (Lipinski definition) is 2. The van der Waals surface area contributed by atoms with Gasteiger partial charge in [0, 0.05) is 17.4 Å². The third-order valence-electron chi connectivity index (χ3n) is 9.42. The number of aliphatic carboxylic acids is 2. The molecule has 3 rings (SSSR count). The summed E-state index contributed by atoms with van der Waals surface area (Å²) >= 11 is 0. The fraction of sp³-hybridized carbons (Fsp3) is 0.846. The van der Waals surface area contributed by atoms with Crippen molar-refractivity contribution in [2.24, 2.45) is 46.3 Å². The van der Waals surface area contributed by atoms with Gasteiger partial charge in [-0.05, 0) is 73.0 Å². The second-order valence-corrected chi connectivity index (χ2v) is 11.5. The largest absolute Gasteiger partial charge is 0.481 e. The lowest BCUT2D eigenvalue weighted by atomic mass is 9.53. The van der Waals surface area contributed by atoms with Gasteiger partial charge in [0.15, 0.2) is 0 Å². The number of rotatable bonds is 9. The van der Waals surface area contributed by atoms with Crippen LogP contribution in [0.3, 0.4) is 0 Å². The van der Waals surface area contributed by atoms with Gasteiger partial charge < -0.3 is 10.2 Å². The SMILES string of the molecule is CC(C)CCC[C@H](C)[C@@H]1CC[C@H]2[C@H]3C=C(C(=O)O)[C@@](C)(CCC(=O)O)[C@@H]3CC[C@@]21C. The lowest BCUT2D eigenvalue weighted by molar-refractivity contribution is -0.139. The Bertz CT molecular complexity index is 695. The summed E-state index contributed by atoms with van der Waals surface area (Å²) in [6.45, 7) is 11.5. The van der Waals surface area contributed by atoms with Crippen molar-refractivity contribution in [3.05, 3.63) is 11.6 Å². The average Bonchev–Trinajstić information content (AvgIpc) is 3.14. The van der Waals surface area contributed by atoms with Crippen LogP contribution >= 0.6 is 0 Å². The van der Waals surface area contributed by atoms with E-state index in [2.05, 4.69) is 33.8 Å². The summed E-state index contributed by atoms with van der Waals surface area (Å²) < 4.78 is 0. The van der Waals surface area contributed by atoms with E-state index in [1.165, 1.54) is 32.1 Å². The van der Waals surface area contributed by atoms with Gasteiger partial charge in [-0.25, -0.2) is 4.79 Å². The highest BCUT2D eigenvalue weighted by atomic mass is 16.4. The maximum atomic E-state index is 12.1. The summed E-state index contributed by atoms with van der Waals surface area (Å²) in [4.78, 5) is 23.4. The molecule has 0 bridgehead atoms. The van der Waals surface area contributed by atoms with E-state index >= 15 is 0 Å². The first-order valence-corrected chi connectivity index (χ1v) is 12.2. The smallest absolute Gasteiger partial charge is 0.331 e. The Kier molecular flexibility index (Phi) is 6.74. The molecule has 0 spiro atoms. The first-order valence-electron chi connectivity index (χ1n) is 12.2. The average molecular weight is 419 g/mol. The molecule has 0 amide bonds. The van der Waals surface area contributed by atoms with Gasteiger partial charge in [-0.15, -0.1) is 0 Å². The zero-order valence-corrected chi connectivity index (χ0v) is 19.6. The number of hydrogen-bond acceptors (Lipinski definition) is 2. The predicted octanol–water partition coefficient (Wildman–Crippen LogP) is 6.40. The Balaban J connectivity index is 1.79. The molecule has 0 aromatic rings. The Hall–Kier alpha value is -1.32. The fourth-order valence-corrected chi connectivity index (χ4v) is 7.78. The first-order chi connectivity index (χ1) is 14.0. The number of carboxylic acids is 2. The molecule has 170 valence electrons. The lowest BCUT2D eigenvalue weighted by Gasteiger charge is -2.51. The van der Waals surface area contributed by atoms with Crippen molar-refractivity contribution in [3.8, 4) is 0 Å². The molecule has 0 aromatic heterocycles. The molecular weight excluding hydrogens is 376 g/mol. The van der Waals surface area contributed by atoms with E-state index in [9.17, 15) is 19.8 Å². The van der Waals surface area contributed by atoms with Crippen LogP contribution in [0.15, 0.2) is 11.6 Å². The molecule has 2 fully saturated rings. The molecule has 4 nitrogen and oxygen atoms in total. The minimum absolute atomic E-state index is 0.0434. The molecule has 2 saturated carbocycles. The monoisotopic (exact) mass is 418 g/mol. The molecular formula is C26H42O4. The van der Waals surface area contributed by atoms with Crippen LogP contribution in [0.1, 0.15) is 92.4 Å². The molecule has 0 aliphatic heterocycles. The van der Waals surface area contributed by atoms with E-state index in [4.69, 9.17) is 0 Å². The van der Waals surface area contributed by atoms with Crippen molar-refractivity contribution < 1.29 is 19.8 Å². The third kappa shape index (κ3) is 4.08. The van der Waals surface area contributed by atoms with Crippen molar-refractivity contribution in [1.82, 2.24) is 0 Å². The Morgan fingerprint density at radius 1 is 1.07 bits per heavy atom. The fourth-order valence-electron chi connectivity index (χ4n) is 7.78. The van der Waals surface area contributed by atoms with Gasteiger partial charge in [0.2, 0.25) is 0 Å². The van der Waals surface area contributed by atoms with E-state index < -0.39 is 17.4 Å². The predicted molar refractivity (Wildman–Crippen MR) is 119 cm³/mol. The standard InChI is InChI=1S/C26H42O4/c1-16(2)7-6-8-17(3)19-9-10-20-18-15-22(24(29)30)26(5,14-12-23(27)28)21(18)11-13-25(19,20)4/h15-21H,6-14H2,1-5H3,(H,27,28)(H,29,30)/t17-,18+,19-,20-,21+,25+,26-/m0/s1. The molecule has 4 heteroatoms. The zero-order valence-electron chi connectivity index (χ0n) is 19.6. The Morgan fingerprint density at radius 2 is 1.77 bits per heavy atom. The molecule has 0 unspecified atom stereocenters. The highest BCUT2D eigenvalue weighted by Crippen LogP contribution is 2.67. The van der Waals surface area contributed by atoms with E-state index in [1.807, 2.05) is 6.92 Å². The van der Waals surface area contributed by atoms with Gasteiger partial charge in [0.05, 0.1) is 0 Å². The second kappa shape index (κ2) is 8.67. The van der Waals surface area contributed by atoms with Crippen molar-refractivity contribution >= 4 is 11.9 Å². The van der Waals surface area contributed by atoms with Crippen molar-refractivity contribution in [3.63, 3.8) is 0 Å². The number of fused-ring (bicyclic) bond motifs is 3. The molecule has 0 heterocycles. The summed E-state index contributed by atoms with van der Waals surface area (Å²) in [7, 11) is 0. The van der Waals surface area contributed by atoms with Crippen LogP contribution in [0.2, 0.25) is 0 Å². The van der Waals surface area contributed by atoms with Gasteiger partial charge in [-0.2, -0.15) is 0 Å². The summed E-state index contributed by atoms with van der Waals surface area (Å²) in [5.41, 5.74) is 0.254. The maximum Gasteiger partial charge on any atom is 0.331 e. The zero-order chi connectivity index (χ0) is 22.3. The number of carbonyl (C=O) groups is 2. The normalized spacial score (nSPS) is 38.8. The highest BCUT2D eigenvalue weighted by Gasteiger charge is 2.60. The van der Waals surface area contributed by atoms with Gasteiger partial charge in [-0.1, -0.05) is 60.0 Å². The van der Waals surface area contributed by atoms with Crippen molar-refractivity contribution in [1.29, 1.82) is 0 Å². The molecule has 0 saturated heterocycles. The van der Waals surface area contributed by atoms with E-state index in [0.717, 1.165) is 30.6 Å². The summed E-state index contributed by atoms with van der Waals surface area (Å²) in [5.74, 6) is 1.63. The summed E-state index contributed by atoms with van der Waals surface area (Å²) in [6.07, 6.45) is 11.1. The molecule has 0 radical (unpaired) electrons. The first kappa shape index (κ1) is 23.3. The van der Waals surface area contributed by atoms with Crippen LogP contribution in [0.4, 0.5) is 0 Å². The van der Waals surface area contributed by atoms with Crippen LogP contribution < -0.4 is 0 Å². The lowest BCUT2D eigenvalue weighted by Crippen LogP contribution is -2.44. The van der Waals surface area contributed by atoms with E-state index in [-0.39, 0.29) is 17.8 Å². The topological polar surface area (TPSA) is 74.6 Å². The second-order valence-electron chi connectivity index (χ2n) is 11.5. The quantitative estimate of drug-likeness (QED) is 0.454. The molecule has 0 aromatic carbocycles. The van der Waals surface area contributed by atoms with E-state index in [0.29, 0.717) is 23.8 Å². The minimum atomic E-state index is -0.851. The molecule has 7 atom stereocenters. The van der Waals surface area contributed by atoms with Gasteiger partial charge in [-0.3, -0.25) is 4.79 Å². The van der Waals surface area contributed by atoms with Crippen LogP contribution in [0.25, 0.3) is 0 Å². The molecule has 3 aliphatic rings. The maximum absolute atomic E-state index is 12.1. The Labute approximate surface area is 182 Å². The van der Waals surface area contributed by atoms with Crippen LogP contribution in [0, 0.1) is 46.3 Å². The summed E-state index contributed by atoms with van der Waals surface area (Å²) in [5, 5.41) is 19.2. The van der Waals surface area contributed by atoms with Gasteiger partial charge >= 0.3 is 11.9 Å². The Morgan fingerprint density at radius 3 is 2.37 bits per heavy atom. The minimum Gasteiger partial charge on any atom is -0.481 e. The third-order valence-corrected chi connectivity index (χ3v) is 9.42. The molecule has 30 heavy (non-hydrogen) atoms. The molecule has 3 aliphatic carbocycles. The van der Waals surface area contributed by atoms with Crippen LogP contribution in [-0.2, 0) is 9.59 Å². The van der Waals surface area contributed by atoms with Crippen molar-refractivity contribution in [2.45, 2.75) is 92.4 Å². The van der Waals surface area contributed by atoms with Gasteiger partial charge in [0.1, 0.15) is 0 Å². The van der Waals surface area contributed by atoms with Crippen molar-refractivity contribution in [2.75, 3.05) is 0 Å². The highest BCUT2D eigenvalue weighted by molar-refractivity contribution is 5.89. The number of allylic oxidation sites excluding steroid dienone is 1. The molecule has 2 N–H and O–H groups in total. The van der Waals surface area contributed by atoms with Crippen LogP contribution in [-0.4, -0.2) is 22.2 Å². The van der Waals surface area contributed by atoms with E-state index in [1.54, 1.807) is 0 Å². The van der Waals surface area contributed by atoms with Crippen LogP contribution in [0.5, 0.6) is 0 Å². The van der Waals surface area contributed by atoms with Gasteiger partial charge in [0.25, 0.3) is 0 Å². The number of carboxylic acid groups (broad SMARTS) is 2. The summed E-state index contributed by atoms with van der Waals surface area (Å²) in [6, 6.07) is 0.